The Balaban J connectivity index is 0.00000121. The molecular weight excluding hydrogens is 365 g/mol. The number of hydrogen-bond donors (Lipinski definition) is 1. The molecule has 140 valence electrons. The number of fused-ring (bicyclic) bond motifs is 3. The van der Waals surface area contributed by atoms with E-state index in [1.54, 1.807) is 0 Å². The van der Waals surface area contributed by atoms with Crippen LogP contribution in [0.2, 0.25) is 0 Å². The molecule has 0 saturated carbocycles. The average Bonchev–Trinajstić information content (AvgIpc) is 2.89. The van der Waals surface area contributed by atoms with Crippen LogP contribution >= 0.6 is 24.8 Å². The van der Waals surface area contributed by atoms with Crippen LogP contribution in [0, 0.1) is 6.92 Å². The summed E-state index contributed by atoms with van der Waals surface area (Å²) in [5.41, 5.74) is 8.31. The first kappa shape index (κ1) is 20.6. The van der Waals surface area contributed by atoms with Gasteiger partial charge in [0.1, 0.15) is 0 Å². The molecule has 1 aliphatic rings. The molecule has 0 amide bonds. The summed E-state index contributed by atoms with van der Waals surface area (Å²) >= 11 is 0. The largest absolute Gasteiger partial charge is 0.378 e. The predicted molar refractivity (Wildman–Crippen MR) is 116 cm³/mol. The summed E-state index contributed by atoms with van der Waals surface area (Å²) < 4.78 is 2.50. The van der Waals surface area contributed by atoms with Gasteiger partial charge in [0.25, 0.3) is 0 Å². The van der Waals surface area contributed by atoms with Crippen molar-refractivity contribution in [1.29, 1.82) is 0 Å². The summed E-state index contributed by atoms with van der Waals surface area (Å²) in [6, 6.07) is 15.8. The van der Waals surface area contributed by atoms with E-state index >= 15 is 0 Å². The number of nitrogens with zero attached hydrogens (tertiary/aromatic N) is 2. The smallest absolute Gasteiger partial charge is 0.0489 e. The minimum Gasteiger partial charge on any atom is -0.378 e. The normalized spacial score (nSPS) is 12.9. The Bertz CT molecular complexity index is 882. The maximum Gasteiger partial charge on any atom is 0.0489 e. The van der Waals surface area contributed by atoms with Gasteiger partial charge in [0.2, 0.25) is 0 Å². The number of rotatable bonds is 3. The number of halogens is 2. The van der Waals surface area contributed by atoms with Gasteiger partial charge in [-0.15, -0.1) is 24.8 Å². The van der Waals surface area contributed by atoms with Crippen LogP contribution in [0.1, 0.15) is 22.4 Å². The Morgan fingerprint density at radius 3 is 2.46 bits per heavy atom. The van der Waals surface area contributed by atoms with Crippen LogP contribution in [0.15, 0.2) is 42.5 Å². The molecule has 1 aliphatic heterocycles. The fourth-order valence-corrected chi connectivity index (χ4v) is 3.75. The zero-order chi connectivity index (χ0) is 16.7. The highest BCUT2D eigenvalue weighted by Gasteiger charge is 2.19. The average molecular weight is 392 g/mol. The standard InChI is InChI=1S/C21H25N3.2ClH/c1-15-4-9-20-19(12-15)18-10-11-22-13-21(18)24(20)14-16-5-7-17(8-6-16)23(2)3;;/h4-9,12,22H,10-11,13-14H2,1-3H3;2*1H. The first-order chi connectivity index (χ1) is 11.6. The lowest BCUT2D eigenvalue weighted by molar-refractivity contribution is 0.602. The van der Waals surface area contributed by atoms with Crippen molar-refractivity contribution in [1.82, 2.24) is 9.88 Å². The number of aryl methyl sites for hydroxylation is 1. The first-order valence-corrected chi connectivity index (χ1v) is 8.71. The molecule has 3 aromatic rings. The summed E-state index contributed by atoms with van der Waals surface area (Å²) in [6.07, 6.45) is 1.13. The zero-order valence-corrected chi connectivity index (χ0v) is 17.2. The lowest BCUT2D eigenvalue weighted by Crippen LogP contribution is -2.25. The van der Waals surface area contributed by atoms with Gasteiger partial charge in [0.05, 0.1) is 0 Å². The lowest BCUT2D eigenvalue weighted by atomic mass is 10.0. The van der Waals surface area contributed by atoms with Crippen molar-refractivity contribution in [3.63, 3.8) is 0 Å². The van der Waals surface area contributed by atoms with Crippen molar-refractivity contribution in [3.8, 4) is 0 Å². The molecule has 5 heteroatoms. The number of benzene rings is 2. The van der Waals surface area contributed by atoms with E-state index in [1.165, 1.54) is 39.0 Å². The van der Waals surface area contributed by atoms with E-state index in [0.29, 0.717) is 0 Å². The second-order valence-corrected chi connectivity index (χ2v) is 7.02. The van der Waals surface area contributed by atoms with Crippen molar-refractivity contribution in [2.75, 3.05) is 25.5 Å². The molecule has 0 atom stereocenters. The van der Waals surface area contributed by atoms with Gasteiger partial charge in [-0.3, -0.25) is 0 Å². The number of aromatic nitrogens is 1. The molecule has 0 radical (unpaired) electrons. The van der Waals surface area contributed by atoms with E-state index in [2.05, 4.69) is 78.3 Å². The van der Waals surface area contributed by atoms with E-state index in [-0.39, 0.29) is 24.8 Å². The summed E-state index contributed by atoms with van der Waals surface area (Å²) in [4.78, 5) is 2.14. The molecule has 3 nitrogen and oxygen atoms in total. The van der Waals surface area contributed by atoms with Crippen molar-refractivity contribution in [3.05, 3.63) is 64.8 Å². The molecule has 0 aliphatic carbocycles. The molecular formula is C21H27Cl2N3. The van der Waals surface area contributed by atoms with E-state index in [1.807, 2.05) is 0 Å². The van der Waals surface area contributed by atoms with Gasteiger partial charge in [-0.05, 0) is 55.3 Å². The van der Waals surface area contributed by atoms with Crippen LogP contribution < -0.4 is 10.2 Å². The van der Waals surface area contributed by atoms with Crippen LogP contribution in [-0.4, -0.2) is 25.2 Å². The van der Waals surface area contributed by atoms with Gasteiger partial charge in [-0.1, -0.05) is 23.8 Å². The van der Waals surface area contributed by atoms with E-state index in [4.69, 9.17) is 0 Å². The Hall–Kier alpha value is -1.68. The second-order valence-electron chi connectivity index (χ2n) is 7.02. The third-order valence-electron chi connectivity index (χ3n) is 5.08. The Labute approximate surface area is 168 Å². The summed E-state index contributed by atoms with van der Waals surface area (Å²) in [5.74, 6) is 0. The molecule has 0 saturated heterocycles. The maximum atomic E-state index is 3.54. The van der Waals surface area contributed by atoms with Crippen molar-refractivity contribution >= 4 is 41.4 Å². The lowest BCUT2D eigenvalue weighted by Gasteiger charge is -2.18. The third kappa shape index (κ3) is 3.71. The Morgan fingerprint density at radius 2 is 1.77 bits per heavy atom. The Kier molecular flexibility index (Phi) is 6.62. The van der Waals surface area contributed by atoms with Gasteiger partial charge >= 0.3 is 0 Å². The van der Waals surface area contributed by atoms with Crippen LogP contribution in [0.25, 0.3) is 10.9 Å². The molecule has 2 heterocycles. The van der Waals surface area contributed by atoms with Crippen molar-refractivity contribution in [2.45, 2.75) is 26.4 Å². The zero-order valence-electron chi connectivity index (χ0n) is 15.6. The fourth-order valence-electron chi connectivity index (χ4n) is 3.75. The molecule has 2 aromatic carbocycles. The molecule has 0 unspecified atom stereocenters. The van der Waals surface area contributed by atoms with Gasteiger partial charge in [0.15, 0.2) is 0 Å². The minimum absolute atomic E-state index is 0. The van der Waals surface area contributed by atoms with Gasteiger partial charge in [0, 0.05) is 49.5 Å². The monoisotopic (exact) mass is 391 g/mol. The summed E-state index contributed by atoms with van der Waals surface area (Å²) in [7, 11) is 4.16. The fraction of sp³-hybridized carbons (Fsp3) is 0.333. The third-order valence-corrected chi connectivity index (χ3v) is 5.08. The molecule has 4 rings (SSSR count). The summed E-state index contributed by atoms with van der Waals surface area (Å²) in [5, 5.41) is 4.98. The Morgan fingerprint density at radius 1 is 1.04 bits per heavy atom. The second kappa shape index (κ2) is 8.34. The van der Waals surface area contributed by atoms with Gasteiger partial charge < -0.3 is 14.8 Å². The molecule has 1 aromatic heterocycles. The summed E-state index contributed by atoms with van der Waals surface area (Å²) in [6.45, 7) is 5.17. The van der Waals surface area contributed by atoms with E-state index in [0.717, 1.165) is 26.1 Å². The molecule has 0 fully saturated rings. The van der Waals surface area contributed by atoms with Crippen LogP contribution in [0.4, 0.5) is 5.69 Å². The van der Waals surface area contributed by atoms with Crippen molar-refractivity contribution < 1.29 is 0 Å². The minimum atomic E-state index is 0. The highest BCUT2D eigenvalue weighted by molar-refractivity contribution is 5.87. The number of hydrogen-bond acceptors (Lipinski definition) is 2. The van der Waals surface area contributed by atoms with Gasteiger partial charge in [-0.2, -0.15) is 0 Å². The highest BCUT2D eigenvalue weighted by atomic mass is 35.5. The van der Waals surface area contributed by atoms with E-state index in [9.17, 15) is 0 Å². The maximum absolute atomic E-state index is 3.54. The number of nitrogens with one attached hydrogen (secondary N) is 1. The van der Waals surface area contributed by atoms with Gasteiger partial charge in [-0.25, -0.2) is 0 Å². The molecule has 1 N–H and O–H groups in total. The highest BCUT2D eigenvalue weighted by Crippen LogP contribution is 2.30. The molecule has 0 spiro atoms. The molecule has 0 bridgehead atoms. The predicted octanol–water partition coefficient (Wildman–Crippen LogP) is 4.55. The van der Waals surface area contributed by atoms with Crippen LogP contribution in [0.5, 0.6) is 0 Å². The van der Waals surface area contributed by atoms with Crippen molar-refractivity contribution in [2.24, 2.45) is 0 Å². The SMILES string of the molecule is Cc1ccc2c(c1)c1c(n2Cc2ccc(N(C)C)cc2)CNCC1.Cl.Cl. The quantitative estimate of drug-likeness (QED) is 0.706. The van der Waals surface area contributed by atoms with Crippen LogP contribution in [-0.2, 0) is 19.5 Å². The first-order valence-electron chi connectivity index (χ1n) is 8.71. The number of anilines is 1. The topological polar surface area (TPSA) is 20.2 Å². The molecule has 26 heavy (non-hydrogen) atoms. The van der Waals surface area contributed by atoms with Crippen LogP contribution in [0.3, 0.4) is 0 Å². The van der Waals surface area contributed by atoms with E-state index < -0.39 is 0 Å².